The Hall–Kier alpha value is -0.930. The molecule has 0 aliphatic rings. The normalized spacial score (nSPS) is 15.0. The summed E-state index contributed by atoms with van der Waals surface area (Å²) < 4.78 is 0. The first-order valence-electron chi connectivity index (χ1n) is 6.02. The Labute approximate surface area is 127 Å². The molecule has 0 aromatic carbocycles. The number of carbonyl (C=O) groups excluding carboxylic acids is 2. The van der Waals surface area contributed by atoms with E-state index in [1.165, 1.54) is 6.92 Å². The Balaban J connectivity index is 4.42. The zero-order chi connectivity index (χ0) is 15.7. The third-order valence-electron chi connectivity index (χ3n) is 2.51. The van der Waals surface area contributed by atoms with Crippen molar-refractivity contribution in [3.05, 3.63) is 0 Å². The smallest absolute Gasteiger partial charge is 0.325 e. The molecule has 116 valence electrons. The van der Waals surface area contributed by atoms with E-state index < -0.39 is 35.9 Å². The van der Waals surface area contributed by atoms with Crippen LogP contribution in [0.1, 0.15) is 13.3 Å². The number of hydrogen-bond acceptors (Lipinski definition) is 6. The molecule has 0 aromatic rings. The highest BCUT2D eigenvalue weighted by Crippen LogP contribution is 2.00. The highest BCUT2D eigenvalue weighted by Gasteiger charge is 2.24. The summed E-state index contributed by atoms with van der Waals surface area (Å²) in [6, 6.07) is -2.64. The fourth-order valence-electron chi connectivity index (χ4n) is 1.22. The van der Waals surface area contributed by atoms with E-state index in [-0.39, 0.29) is 5.75 Å². The van der Waals surface area contributed by atoms with Crippen molar-refractivity contribution in [1.29, 1.82) is 0 Å². The number of amides is 2. The van der Waals surface area contributed by atoms with Gasteiger partial charge in [-0.2, -0.15) is 24.4 Å². The number of carboxylic acids is 1. The van der Waals surface area contributed by atoms with Gasteiger partial charge >= 0.3 is 5.97 Å². The van der Waals surface area contributed by atoms with Gasteiger partial charge in [-0.3, -0.25) is 14.4 Å². The van der Waals surface area contributed by atoms with Crippen molar-refractivity contribution < 1.29 is 19.5 Å². The molecule has 0 rings (SSSR count). The van der Waals surface area contributed by atoms with Gasteiger partial charge in [0.1, 0.15) is 12.1 Å². The van der Waals surface area contributed by atoms with E-state index in [4.69, 9.17) is 10.8 Å². The van der Waals surface area contributed by atoms with Crippen molar-refractivity contribution in [3.8, 4) is 0 Å². The van der Waals surface area contributed by atoms with E-state index >= 15 is 0 Å². The van der Waals surface area contributed by atoms with Crippen LogP contribution >= 0.6 is 24.4 Å². The van der Waals surface area contributed by atoms with Crippen LogP contribution in [0, 0.1) is 0 Å². The highest BCUT2D eigenvalue weighted by molar-refractivity contribution is 7.98. The summed E-state index contributed by atoms with van der Waals surface area (Å²) in [5.41, 5.74) is 5.68. The van der Waals surface area contributed by atoms with Gasteiger partial charge in [-0.15, -0.1) is 0 Å². The molecule has 0 spiro atoms. The largest absolute Gasteiger partial charge is 0.480 e. The minimum Gasteiger partial charge on any atom is -0.480 e. The summed E-state index contributed by atoms with van der Waals surface area (Å²) in [5, 5.41) is 13.4. The first-order chi connectivity index (χ1) is 9.33. The van der Waals surface area contributed by atoms with Crippen LogP contribution in [0.25, 0.3) is 0 Å². The minimum absolute atomic E-state index is 0.0547. The summed E-state index contributed by atoms with van der Waals surface area (Å²) in [5.74, 6) is -1.41. The van der Waals surface area contributed by atoms with Gasteiger partial charge in [0, 0.05) is 5.75 Å². The van der Waals surface area contributed by atoms with Gasteiger partial charge in [-0.1, -0.05) is 0 Å². The van der Waals surface area contributed by atoms with Gasteiger partial charge in [-0.25, -0.2) is 0 Å². The van der Waals surface area contributed by atoms with E-state index in [0.717, 1.165) is 5.75 Å². The molecule has 0 heterocycles. The summed E-state index contributed by atoms with van der Waals surface area (Å²) >= 11 is 5.55. The number of hydrogen-bond donors (Lipinski definition) is 5. The molecule has 7 nitrogen and oxygen atoms in total. The second-order valence-corrected chi connectivity index (χ2v) is 5.55. The Bertz CT molecular complexity index is 355. The van der Waals surface area contributed by atoms with Crippen molar-refractivity contribution in [3.63, 3.8) is 0 Å². The Morgan fingerprint density at radius 2 is 1.90 bits per heavy atom. The van der Waals surface area contributed by atoms with Crippen LogP contribution in [-0.4, -0.2) is 58.8 Å². The summed E-state index contributed by atoms with van der Waals surface area (Å²) in [6.07, 6.45) is 2.40. The molecule has 0 aliphatic carbocycles. The molecule has 0 aromatic heterocycles. The molecule has 0 aliphatic heterocycles. The van der Waals surface area contributed by atoms with Gasteiger partial charge in [0.2, 0.25) is 11.8 Å². The lowest BCUT2D eigenvalue weighted by Gasteiger charge is -2.20. The van der Waals surface area contributed by atoms with Crippen molar-refractivity contribution in [1.82, 2.24) is 10.6 Å². The maximum Gasteiger partial charge on any atom is 0.325 e. The van der Waals surface area contributed by atoms with Crippen LogP contribution in [0.3, 0.4) is 0 Å². The average Bonchev–Trinajstić information content (AvgIpc) is 2.41. The molecule has 0 saturated heterocycles. The average molecular weight is 323 g/mol. The van der Waals surface area contributed by atoms with E-state index in [2.05, 4.69) is 23.3 Å². The van der Waals surface area contributed by atoms with Gasteiger partial charge in [0.15, 0.2) is 0 Å². The molecule has 0 fully saturated rings. The quantitative estimate of drug-likeness (QED) is 0.350. The van der Waals surface area contributed by atoms with Crippen LogP contribution in [0.5, 0.6) is 0 Å². The molecule has 3 atom stereocenters. The maximum absolute atomic E-state index is 11.8. The molecule has 0 saturated carbocycles. The summed E-state index contributed by atoms with van der Waals surface area (Å²) in [4.78, 5) is 34.2. The lowest BCUT2D eigenvalue weighted by Crippen LogP contribution is -2.54. The highest BCUT2D eigenvalue weighted by atomic mass is 32.2. The first kappa shape index (κ1) is 19.1. The number of nitrogens with one attached hydrogen (secondary N) is 2. The molecule has 3 unspecified atom stereocenters. The number of rotatable bonds is 9. The molecule has 0 radical (unpaired) electrons. The van der Waals surface area contributed by atoms with Gasteiger partial charge in [-0.05, 0) is 25.4 Å². The van der Waals surface area contributed by atoms with Crippen LogP contribution in [0.2, 0.25) is 0 Å². The lowest BCUT2D eigenvalue weighted by atomic mass is 10.2. The van der Waals surface area contributed by atoms with Crippen LogP contribution in [-0.2, 0) is 14.4 Å². The Morgan fingerprint density at radius 3 is 2.35 bits per heavy atom. The van der Waals surface area contributed by atoms with E-state index in [9.17, 15) is 14.4 Å². The van der Waals surface area contributed by atoms with Gasteiger partial charge in [0.25, 0.3) is 0 Å². The summed E-state index contributed by atoms with van der Waals surface area (Å²) in [6.45, 7) is 1.34. The predicted octanol–water partition coefficient (Wildman–Crippen LogP) is -0.929. The topological polar surface area (TPSA) is 122 Å². The fourth-order valence-corrected chi connectivity index (χ4v) is 1.97. The number of carboxylic acid groups (broad SMARTS) is 1. The zero-order valence-electron chi connectivity index (χ0n) is 11.5. The predicted molar refractivity (Wildman–Crippen MR) is 82.0 cm³/mol. The second-order valence-electron chi connectivity index (χ2n) is 4.20. The first-order valence-corrected chi connectivity index (χ1v) is 8.05. The Kier molecular flexibility index (Phi) is 9.43. The fraction of sp³-hybridized carbons (Fsp3) is 0.727. The molecule has 2 amide bonds. The zero-order valence-corrected chi connectivity index (χ0v) is 13.2. The van der Waals surface area contributed by atoms with E-state index in [0.29, 0.717) is 6.42 Å². The van der Waals surface area contributed by atoms with Crippen LogP contribution in [0.15, 0.2) is 0 Å². The molecule has 20 heavy (non-hydrogen) atoms. The van der Waals surface area contributed by atoms with Gasteiger partial charge < -0.3 is 21.5 Å². The molecule has 9 heteroatoms. The number of nitrogens with two attached hydrogens (primary N) is 1. The van der Waals surface area contributed by atoms with Crippen molar-refractivity contribution in [2.24, 2.45) is 5.73 Å². The molecule has 0 bridgehead atoms. The second kappa shape index (κ2) is 9.89. The third kappa shape index (κ3) is 7.01. The van der Waals surface area contributed by atoms with Crippen LogP contribution < -0.4 is 16.4 Å². The number of thiol groups is 1. The van der Waals surface area contributed by atoms with Crippen LogP contribution in [0.4, 0.5) is 0 Å². The van der Waals surface area contributed by atoms with Crippen molar-refractivity contribution >= 4 is 42.2 Å². The monoisotopic (exact) mass is 323 g/mol. The summed E-state index contributed by atoms with van der Waals surface area (Å²) in [7, 11) is 0. The number of aliphatic carboxylic acids is 1. The molecular formula is C11H21N3O4S2. The third-order valence-corrected chi connectivity index (χ3v) is 3.52. The standard InChI is InChI=1S/C11H21N3O4S2/c1-6(11(17)18)13-10(16)8(5-19)14-9(15)7(12)3-4-20-2/h6-8,19H,3-5,12H2,1-2H3,(H,13,16)(H,14,15)(H,17,18). The number of carbonyl (C=O) groups is 3. The SMILES string of the molecule is CSCCC(N)C(=O)NC(CS)C(=O)NC(C)C(=O)O. The van der Waals surface area contributed by atoms with E-state index in [1.54, 1.807) is 11.8 Å². The minimum atomic E-state index is -1.15. The van der Waals surface area contributed by atoms with Gasteiger partial charge in [0.05, 0.1) is 6.04 Å². The molecular weight excluding hydrogens is 302 g/mol. The number of thioether (sulfide) groups is 1. The Morgan fingerprint density at radius 1 is 1.30 bits per heavy atom. The maximum atomic E-state index is 11.8. The lowest BCUT2D eigenvalue weighted by molar-refractivity contribution is -0.141. The molecule has 5 N–H and O–H groups in total. The van der Waals surface area contributed by atoms with E-state index in [1.807, 2.05) is 6.26 Å². The van der Waals surface area contributed by atoms with Crippen molar-refractivity contribution in [2.45, 2.75) is 31.5 Å². The van der Waals surface area contributed by atoms with Crippen molar-refractivity contribution in [2.75, 3.05) is 17.8 Å².